The van der Waals surface area contributed by atoms with Gasteiger partial charge in [0.1, 0.15) is 0 Å². The highest BCUT2D eigenvalue weighted by molar-refractivity contribution is 7.90. The average molecular weight is 263 g/mol. The minimum atomic E-state index is -3.60. The lowest BCUT2D eigenvalue weighted by Crippen LogP contribution is -2.33. The summed E-state index contributed by atoms with van der Waals surface area (Å²) in [5.41, 5.74) is 0.768. The summed E-state index contributed by atoms with van der Waals surface area (Å²) in [4.78, 5) is 12.0. The topological polar surface area (TPSA) is 72.5 Å². The minimum Gasteiger partial charge on any atom is -0.384 e. The maximum Gasteiger partial charge on any atom is 0.275 e. The molecule has 0 atom stereocenters. The van der Waals surface area contributed by atoms with Gasteiger partial charge in [0.05, 0.1) is 17.2 Å². The number of carbonyl (C=O) groups excluding carboxylic acids is 1. The zero-order chi connectivity index (χ0) is 12.2. The van der Waals surface area contributed by atoms with Crippen molar-refractivity contribution < 1.29 is 17.9 Å². The third-order valence-electron chi connectivity index (χ3n) is 1.87. The first-order valence-electron chi connectivity index (χ1n) is 4.54. The Morgan fingerprint density at radius 2 is 2.25 bits per heavy atom. The molecule has 7 heteroatoms. The highest BCUT2D eigenvalue weighted by atomic mass is 32.2. The number of ether oxygens (including phenoxy) is 1. The molecule has 0 aliphatic heterocycles. The van der Waals surface area contributed by atoms with Gasteiger partial charge in [0.2, 0.25) is 10.0 Å². The van der Waals surface area contributed by atoms with Crippen molar-refractivity contribution in [2.24, 2.45) is 0 Å². The Kier molecular flexibility index (Phi) is 4.45. The monoisotopic (exact) mass is 263 g/mol. The molecule has 0 spiro atoms. The smallest absolute Gasteiger partial charge is 0.275 e. The highest BCUT2D eigenvalue weighted by Gasteiger charge is 2.17. The van der Waals surface area contributed by atoms with Gasteiger partial charge < -0.3 is 4.74 Å². The van der Waals surface area contributed by atoms with Crippen LogP contribution in [0.15, 0.2) is 11.4 Å². The fraction of sp³-hybridized carbons (Fsp3) is 0.444. The molecule has 5 nitrogen and oxygen atoms in total. The molecule has 0 radical (unpaired) electrons. The Hall–Kier alpha value is -0.920. The maximum absolute atomic E-state index is 11.6. The van der Waals surface area contributed by atoms with Gasteiger partial charge in [0, 0.05) is 7.11 Å². The van der Waals surface area contributed by atoms with Gasteiger partial charge in [-0.1, -0.05) is 0 Å². The van der Waals surface area contributed by atoms with Crippen molar-refractivity contribution in [1.82, 2.24) is 4.72 Å². The van der Waals surface area contributed by atoms with E-state index in [0.29, 0.717) is 4.88 Å². The van der Waals surface area contributed by atoms with Gasteiger partial charge in [-0.2, -0.15) is 0 Å². The number of aryl methyl sites for hydroxylation is 1. The Balaban J connectivity index is 2.68. The molecule has 0 aromatic carbocycles. The van der Waals surface area contributed by atoms with E-state index in [1.54, 1.807) is 18.4 Å². The normalized spacial score (nSPS) is 11.4. The summed E-state index contributed by atoms with van der Waals surface area (Å²) in [6, 6.07) is 1.77. The largest absolute Gasteiger partial charge is 0.384 e. The lowest BCUT2D eigenvalue weighted by Gasteiger charge is -2.05. The number of nitrogens with one attached hydrogen (secondary N) is 1. The lowest BCUT2D eigenvalue weighted by molar-refractivity contribution is 0.0984. The first-order chi connectivity index (χ1) is 7.46. The van der Waals surface area contributed by atoms with Crippen LogP contribution in [0.5, 0.6) is 0 Å². The van der Waals surface area contributed by atoms with E-state index in [1.807, 2.05) is 4.72 Å². The van der Waals surface area contributed by atoms with Crippen molar-refractivity contribution in [3.8, 4) is 0 Å². The zero-order valence-electron chi connectivity index (χ0n) is 9.02. The zero-order valence-corrected chi connectivity index (χ0v) is 10.7. The summed E-state index contributed by atoms with van der Waals surface area (Å²) in [7, 11) is -2.20. The molecule has 0 saturated carbocycles. The van der Waals surface area contributed by atoms with E-state index < -0.39 is 15.9 Å². The van der Waals surface area contributed by atoms with E-state index in [4.69, 9.17) is 0 Å². The molecule has 0 unspecified atom stereocenters. The molecule has 1 aromatic rings. The molecule has 0 aliphatic carbocycles. The van der Waals surface area contributed by atoms with Crippen LogP contribution < -0.4 is 4.72 Å². The van der Waals surface area contributed by atoms with Crippen molar-refractivity contribution in [1.29, 1.82) is 0 Å². The number of amides is 1. The Labute approximate surface area is 98.5 Å². The van der Waals surface area contributed by atoms with E-state index >= 15 is 0 Å². The van der Waals surface area contributed by atoms with E-state index in [0.717, 1.165) is 5.56 Å². The number of hydrogen-bond acceptors (Lipinski definition) is 5. The van der Waals surface area contributed by atoms with E-state index in [-0.39, 0.29) is 12.4 Å². The van der Waals surface area contributed by atoms with E-state index in [1.165, 1.54) is 18.4 Å². The molecule has 1 aromatic heterocycles. The third-order valence-corrected chi connectivity index (χ3v) is 4.09. The summed E-state index contributed by atoms with van der Waals surface area (Å²) in [6.07, 6.45) is 0. The first-order valence-corrected chi connectivity index (χ1v) is 7.07. The number of thiophene rings is 1. The fourth-order valence-electron chi connectivity index (χ4n) is 1.04. The van der Waals surface area contributed by atoms with Crippen LogP contribution in [0.4, 0.5) is 0 Å². The fourth-order valence-corrected chi connectivity index (χ4v) is 2.79. The summed E-state index contributed by atoms with van der Waals surface area (Å²) in [6.45, 7) is 1.82. The number of rotatable bonds is 5. The van der Waals surface area contributed by atoms with Gasteiger partial charge in [0.25, 0.3) is 5.91 Å². The van der Waals surface area contributed by atoms with Crippen molar-refractivity contribution in [2.45, 2.75) is 6.92 Å². The first kappa shape index (κ1) is 13.1. The highest BCUT2D eigenvalue weighted by Crippen LogP contribution is 2.15. The second kappa shape index (κ2) is 5.42. The number of carbonyl (C=O) groups is 1. The van der Waals surface area contributed by atoms with Crippen LogP contribution in [0, 0.1) is 6.92 Å². The quantitative estimate of drug-likeness (QED) is 0.851. The predicted molar refractivity (Wildman–Crippen MR) is 62.2 cm³/mol. The van der Waals surface area contributed by atoms with Crippen molar-refractivity contribution >= 4 is 27.3 Å². The second-order valence-electron chi connectivity index (χ2n) is 3.18. The van der Waals surface area contributed by atoms with E-state index in [2.05, 4.69) is 4.74 Å². The molecule has 1 rings (SSSR count). The molecule has 1 heterocycles. The average Bonchev–Trinajstić information content (AvgIpc) is 2.61. The molecular weight excluding hydrogens is 250 g/mol. The number of hydrogen-bond donors (Lipinski definition) is 1. The van der Waals surface area contributed by atoms with Gasteiger partial charge in [0.15, 0.2) is 0 Å². The molecule has 0 aliphatic rings. The van der Waals surface area contributed by atoms with Crippen LogP contribution in [0.25, 0.3) is 0 Å². The van der Waals surface area contributed by atoms with Crippen LogP contribution in [0.1, 0.15) is 15.2 Å². The van der Waals surface area contributed by atoms with Crippen LogP contribution in [0.3, 0.4) is 0 Å². The van der Waals surface area contributed by atoms with E-state index in [9.17, 15) is 13.2 Å². The van der Waals surface area contributed by atoms with Gasteiger partial charge >= 0.3 is 0 Å². The number of methoxy groups -OCH3 is 1. The van der Waals surface area contributed by atoms with Crippen LogP contribution in [-0.4, -0.2) is 33.8 Å². The summed E-state index contributed by atoms with van der Waals surface area (Å²) >= 11 is 1.21. The van der Waals surface area contributed by atoms with Crippen molar-refractivity contribution in [3.05, 3.63) is 21.9 Å². The summed E-state index contributed by atoms with van der Waals surface area (Å²) in [5, 5.41) is 1.74. The maximum atomic E-state index is 11.6. The molecule has 90 valence electrons. The number of sulfonamides is 1. The molecule has 16 heavy (non-hydrogen) atoms. The molecule has 1 N–H and O–H groups in total. The lowest BCUT2D eigenvalue weighted by atomic mass is 10.3. The Morgan fingerprint density at radius 1 is 1.56 bits per heavy atom. The molecule has 0 fully saturated rings. The third kappa shape index (κ3) is 3.58. The second-order valence-corrected chi connectivity index (χ2v) is 5.93. The molecule has 0 bridgehead atoms. The van der Waals surface area contributed by atoms with Crippen LogP contribution in [0.2, 0.25) is 0 Å². The standard InChI is InChI=1S/C9H13NO4S2/c1-7-3-5-15-8(7)9(11)10-16(12,13)6-4-14-2/h3,5H,4,6H2,1-2H3,(H,10,11). The van der Waals surface area contributed by atoms with Gasteiger partial charge in [-0.25, -0.2) is 13.1 Å². The Morgan fingerprint density at radius 3 is 2.75 bits per heavy atom. The Bertz CT molecular complexity index is 464. The van der Waals surface area contributed by atoms with Gasteiger partial charge in [-0.05, 0) is 23.9 Å². The summed E-state index contributed by atoms with van der Waals surface area (Å²) < 4.78 is 29.4. The van der Waals surface area contributed by atoms with Gasteiger partial charge in [-0.15, -0.1) is 11.3 Å². The van der Waals surface area contributed by atoms with Crippen LogP contribution >= 0.6 is 11.3 Å². The summed E-state index contributed by atoms with van der Waals surface area (Å²) in [5.74, 6) is -0.803. The molecule has 1 amide bonds. The van der Waals surface area contributed by atoms with Gasteiger partial charge in [-0.3, -0.25) is 4.79 Å². The SMILES string of the molecule is COCCS(=O)(=O)NC(=O)c1sccc1C. The minimum absolute atomic E-state index is 0.0615. The van der Waals surface area contributed by atoms with Crippen LogP contribution in [-0.2, 0) is 14.8 Å². The van der Waals surface area contributed by atoms with Crippen molar-refractivity contribution in [3.63, 3.8) is 0 Å². The molecular formula is C9H13NO4S2. The predicted octanol–water partition coefficient (Wildman–Crippen LogP) is 0.763. The van der Waals surface area contributed by atoms with Crippen molar-refractivity contribution in [2.75, 3.05) is 19.5 Å². The molecule has 0 saturated heterocycles.